The molecule has 1 aliphatic heterocycles. The van der Waals surface area contributed by atoms with Gasteiger partial charge in [-0.2, -0.15) is 10.1 Å². The van der Waals surface area contributed by atoms with Crippen LogP contribution in [0.1, 0.15) is 43.0 Å². The Hall–Kier alpha value is -3.55. The van der Waals surface area contributed by atoms with E-state index in [0.29, 0.717) is 36.7 Å². The highest BCUT2D eigenvalue weighted by Crippen LogP contribution is 2.44. The number of carbonyl (C=O) groups is 1. The Bertz CT molecular complexity index is 1100. The lowest BCUT2D eigenvalue weighted by molar-refractivity contribution is -0.117. The number of rotatable bonds is 4. The Balaban J connectivity index is 1.61. The molecule has 0 spiro atoms. The summed E-state index contributed by atoms with van der Waals surface area (Å²) in [6, 6.07) is 8.43. The molecule has 0 radical (unpaired) electrons. The van der Waals surface area contributed by atoms with Gasteiger partial charge in [-0.1, -0.05) is 6.07 Å². The number of aromatic nitrogens is 3. The summed E-state index contributed by atoms with van der Waals surface area (Å²) in [6.45, 7) is 2.28. The van der Waals surface area contributed by atoms with Gasteiger partial charge in [0, 0.05) is 23.6 Å². The van der Waals surface area contributed by atoms with Crippen LogP contribution in [0.4, 0.5) is 5.95 Å². The summed E-state index contributed by atoms with van der Waals surface area (Å²) in [4.78, 5) is 17.5. The summed E-state index contributed by atoms with van der Waals surface area (Å²) in [5, 5.41) is 17.7. The predicted molar refractivity (Wildman–Crippen MR) is 104 cm³/mol. The van der Waals surface area contributed by atoms with Crippen molar-refractivity contribution in [1.82, 2.24) is 14.8 Å². The Kier molecular flexibility index (Phi) is 4.12. The second-order valence-corrected chi connectivity index (χ2v) is 7.15. The zero-order valence-electron chi connectivity index (χ0n) is 15.8. The topological polar surface area (TPSA) is 102 Å². The number of hydrogen-bond acceptors (Lipinski definition) is 7. The highest BCUT2D eigenvalue weighted by atomic mass is 16.5. The number of anilines is 1. The van der Waals surface area contributed by atoms with E-state index in [4.69, 9.17) is 9.15 Å². The largest absolute Gasteiger partial charge is 0.504 e. The Morgan fingerprint density at radius 2 is 2.24 bits per heavy atom. The van der Waals surface area contributed by atoms with Crippen LogP contribution in [-0.2, 0) is 4.79 Å². The average Bonchev–Trinajstić information content (AvgIpc) is 3.40. The molecule has 29 heavy (non-hydrogen) atoms. The van der Waals surface area contributed by atoms with Crippen molar-refractivity contribution in [3.63, 3.8) is 0 Å². The van der Waals surface area contributed by atoms with Crippen molar-refractivity contribution in [1.29, 1.82) is 0 Å². The van der Waals surface area contributed by atoms with Gasteiger partial charge in [0.1, 0.15) is 18.1 Å². The van der Waals surface area contributed by atoms with Gasteiger partial charge in [0.15, 0.2) is 17.3 Å². The fourth-order valence-electron chi connectivity index (χ4n) is 4.16. The van der Waals surface area contributed by atoms with Gasteiger partial charge >= 0.3 is 0 Å². The monoisotopic (exact) mass is 392 g/mol. The molecule has 2 atom stereocenters. The fourth-order valence-corrected chi connectivity index (χ4v) is 4.16. The van der Waals surface area contributed by atoms with Gasteiger partial charge in [-0.25, -0.2) is 4.68 Å². The molecular weight excluding hydrogens is 372 g/mol. The molecule has 5 rings (SSSR count). The maximum Gasteiger partial charge on any atom is 0.226 e. The minimum Gasteiger partial charge on any atom is -0.504 e. The number of furan rings is 1. The summed E-state index contributed by atoms with van der Waals surface area (Å²) in [6.07, 6.45) is 4.11. The summed E-state index contributed by atoms with van der Waals surface area (Å²) < 4.78 is 12.8. The number of allylic oxidation sites excluding steroid dienone is 2. The van der Waals surface area contributed by atoms with E-state index in [1.807, 2.05) is 19.1 Å². The number of fused-ring (bicyclic) bond motifs is 1. The van der Waals surface area contributed by atoms with Crippen LogP contribution in [0.3, 0.4) is 0 Å². The molecule has 1 aromatic carbocycles. The van der Waals surface area contributed by atoms with Crippen LogP contribution in [-0.4, -0.2) is 32.3 Å². The first-order valence-corrected chi connectivity index (χ1v) is 9.57. The Morgan fingerprint density at radius 1 is 1.34 bits per heavy atom. The van der Waals surface area contributed by atoms with Gasteiger partial charge in [-0.3, -0.25) is 4.79 Å². The average molecular weight is 392 g/mol. The van der Waals surface area contributed by atoms with Crippen LogP contribution in [0.25, 0.3) is 0 Å². The van der Waals surface area contributed by atoms with Gasteiger partial charge in [0.25, 0.3) is 0 Å². The number of ether oxygens (including phenoxy) is 1. The fraction of sp³-hybridized carbons (Fsp3) is 0.286. The third-order valence-corrected chi connectivity index (χ3v) is 5.41. The second-order valence-electron chi connectivity index (χ2n) is 7.15. The number of phenols is 1. The SMILES string of the molecule is CCOc1cc([C@H]2C3=C(C[C@@H](c4ccco4)CC3=O)Nc3ncnn32)ccc1O. The van der Waals surface area contributed by atoms with Crippen molar-refractivity contribution in [3.8, 4) is 11.5 Å². The Morgan fingerprint density at radius 3 is 3.03 bits per heavy atom. The molecule has 0 saturated heterocycles. The van der Waals surface area contributed by atoms with Crippen LogP contribution >= 0.6 is 0 Å². The van der Waals surface area contributed by atoms with E-state index < -0.39 is 6.04 Å². The number of hydrogen-bond donors (Lipinski definition) is 2. The quantitative estimate of drug-likeness (QED) is 0.701. The van der Waals surface area contributed by atoms with E-state index >= 15 is 0 Å². The smallest absolute Gasteiger partial charge is 0.226 e. The third-order valence-electron chi connectivity index (χ3n) is 5.41. The summed E-state index contributed by atoms with van der Waals surface area (Å²) in [5.74, 6) is 1.84. The number of Topliss-reactive ketones (excluding diaryl/α,β-unsaturated/α-hetero) is 1. The van der Waals surface area contributed by atoms with Crippen molar-refractivity contribution in [2.75, 3.05) is 11.9 Å². The minimum absolute atomic E-state index is 0.0160. The molecule has 3 aromatic rings. The maximum absolute atomic E-state index is 13.2. The minimum atomic E-state index is -0.436. The van der Waals surface area contributed by atoms with E-state index in [1.165, 1.54) is 6.33 Å². The molecule has 8 heteroatoms. The molecule has 0 unspecified atom stereocenters. The molecule has 2 aliphatic rings. The molecule has 0 saturated carbocycles. The highest BCUT2D eigenvalue weighted by Gasteiger charge is 2.40. The van der Waals surface area contributed by atoms with Gasteiger partial charge in [0.2, 0.25) is 5.95 Å². The van der Waals surface area contributed by atoms with E-state index in [1.54, 1.807) is 29.1 Å². The number of benzene rings is 1. The normalized spacial score (nSPS) is 20.8. The van der Waals surface area contributed by atoms with Crippen LogP contribution in [0.15, 0.2) is 58.6 Å². The number of ketones is 1. The Labute approximate surface area is 166 Å². The molecule has 0 amide bonds. The zero-order chi connectivity index (χ0) is 20.0. The second kappa shape index (κ2) is 6.80. The number of aromatic hydroxyl groups is 1. The van der Waals surface area contributed by atoms with Crippen molar-refractivity contribution in [2.45, 2.75) is 31.7 Å². The number of nitrogens with zero attached hydrogens (tertiary/aromatic N) is 3. The number of nitrogens with one attached hydrogen (secondary N) is 1. The van der Waals surface area contributed by atoms with E-state index in [2.05, 4.69) is 15.4 Å². The van der Waals surface area contributed by atoms with E-state index in [0.717, 1.165) is 17.0 Å². The lowest BCUT2D eigenvalue weighted by Crippen LogP contribution is -2.33. The first-order valence-electron chi connectivity index (χ1n) is 9.57. The molecule has 2 aromatic heterocycles. The first-order chi connectivity index (χ1) is 14.2. The van der Waals surface area contributed by atoms with E-state index in [9.17, 15) is 9.90 Å². The molecule has 148 valence electrons. The van der Waals surface area contributed by atoms with Gasteiger partial charge in [0.05, 0.1) is 12.9 Å². The first kappa shape index (κ1) is 17.5. The molecule has 8 nitrogen and oxygen atoms in total. The summed E-state index contributed by atoms with van der Waals surface area (Å²) in [7, 11) is 0. The standard InChI is InChI=1S/C21H20N4O4/c1-2-28-18-10-12(5-6-15(18)26)20-19-14(24-21-22-11-23-25(20)21)8-13(9-16(19)27)17-4-3-7-29-17/h3-7,10-11,13,20,26H,2,8-9H2,1H3,(H,22,23,24)/t13-,20+/m1/s1. The lowest BCUT2D eigenvalue weighted by Gasteiger charge is -2.34. The highest BCUT2D eigenvalue weighted by molar-refractivity contribution is 6.00. The van der Waals surface area contributed by atoms with Gasteiger partial charge < -0.3 is 19.6 Å². The molecule has 0 fully saturated rings. The van der Waals surface area contributed by atoms with Crippen molar-refractivity contribution in [2.24, 2.45) is 0 Å². The van der Waals surface area contributed by atoms with Crippen LogP contribution < -0.4 is 10.1 Å². The van der Waals surface area contributed by atoms with Crippen LogP contribution in [0, 0.1) is 0 Å². The van der Waals surface area contributed by atoms with Crippen LogP contribution in [0.5, 0.6) is 11.5 Å². The summed E-state index contributed by atoms with van der Waals surface area (Å²) in [5.41, 5.74) is 2.30. The zero-order valence-corrected chi connectivity index (χ0v) is 15.8. The maximum atomic E-state index is 13.2. The summed E-state index contributed by atoms with van der Waals surface area (Å²) >= 11 is 0. The molecule has 0 bridgehead atoms. The molecule has 2 N–H and O–H groups in total. The third kappa shape index (κ3) is 2.88. The van der Waals surface area contributed by atoms with Gasteiger partial charge in [-0.05, 0) is 43.2 Å². The number of carbonyl (C=O) groups excluding carboxylic acids is 1. The predicted octanol–water partition coefficient (Wildman–Crippen LogP) is 3.39. The van der Waals surface area contributed by atoms with Crippen molar-refractivity contribution < 1.29 is 19.1 Å². The molecule has 3 heterocycles. The van der Waals surface area contributed by atoms with Crippen LogP contribution in [0.2, 0.25) is 0 Å². The number of phenolic OH excluding ortho intramolecular Hbond substituents is 1. The van der Waals surface area contributed by atoms with E-state index in [-0.39, 0.29) is 17.5 Å². The molecular formula is C21H20N4O4. The van der Waals surface area contributed by atoms with Crippen molar-refractivity contribution in [3.05, 3.63) is 65.5 Å². The van der Waals surface area contributed by atoms with Crippen molar-refractivity contribution >= 4 is 11.7 Å². The lowest BCUT2D eigenvalue weighted by atomic mass is 9.79. The molecule has 1 aliphatic carbocycles. The van der Waals surface area contributed by atoms with Gasteiger partial charge in [-0.15, -0.1) is 0 Å².